The van der Waals surface area contributed by atoms with Crippen molar-refractivity contribution < 1.29 is 13.2 Å². The van der Waals surface area contributed by atoms with Crippen molar-refractivity contribution in [2.24, 2.45) is 5.92 Å². The van der Waals surface area contributed by atoms with Gasteiger partial charge in [-0.3, -0.25) is 4.79 Å². The molecule has 0 aromatic heterocycles. The first-order valence-corrected chi connectivity index (χ1v) is 11.8. The molecule has 31 heavy (non-hydrogen) atoms. The van der Waals surface area contributed by atoms with Crippen molar-refractivity contribution in [3.63, 3.8) is 0 Å². The van der Waals surface area contributed by atoms with Gasteiger partial charge in [-0.25, -0.2) is 8.42 Å². The number of hydrogen-bond donors (Lipinski definition) is 1. The zero-order valence-corrected chi connectivity index (χ0v) is 18.3. The van der Waals surface area contributed by atoms with Gasteiger partial charge in [0.15, 0.2) is 0 Å². The molecule has 0 radical (unpaired) electrons. The smallest absolute Gasteiger partial charge is 0.243 e. The van der Waals surface area contributed by atoms with Crippen molar-refractivity contribution in [3.05, 3.63) is 102 Å². The Hall–Kier alpha value is -2.96. The van der Waals surface area contributed by atoms with Gasteiger partial charge in [-0.15, -0.1) is 0 Å². The molecule has 1 aliphatic rings. The molecule has 1 amide bonds. The van der Waals surface area contributed by atoms with Crippen molar-refractivity contribution in [1.29, 1.82) is 0 Å². The molecule has 3 aromatic carbocycles. The van der Waals surface area contributed by atoms with Gasteiger partial charge in [0.05, 0.1) is 10.8 Å². The van der Waals surface area contributed by atoms with Crippen molar-refractivity contribution in [2.45, 2.75) is 24.3 Å². The highest BCUT2D eigenvalue weighted by Gasteiger charge is 2.43. The highest BCUT2D eigenvalue weighted by molar-refractivity contribution is 7.89. The fraction of sp³-hybridized carbons (Fsp3) is 0.240. The maximum Gasteiger partial charge on any atom is 0.243 e. The second kappa shape index (κ2) is 9.04. The summed E-state index contributed by atoms with van der Waals surface area (Å²) in [5, 5.41) is 3.01. The number of aryl methyl sites for hydroxylation is 1. The summed E-state index contributed by atoms with van der Waals surface area (Å²) in [5.41, 5.74) is 3.09. The first kappa shape index (κ1) is 21.3. The van der Waals surface area contributed by atoms with Gasteiger partial charge in [-0.1, -0.05) is 72.8 Å². The van der Waals surface area contributed by atoms with Crippen LogP contribution < -0.4 is 5.32 Å². The molecule has 4 rings (SSSR count). The topological polar surface area (TPSA) is 66.5 Å². The first-order valence-electron chi connectivity index (χ1n) is 10.4. The standard InChI is InChI=1S/C25H26N2O3S/c1-19-10-8-9-15-22(19)23-17-27(31(29,30)21-13-6-3-7-14-21)18-24(23)25(28)26-16-20-11-4-2-5-12-20/h2-15,23-24H,16-18H2,1H3,(H,26,28). The molecule has 0 bridgehead atoms. The van der Waals surface area contributed by atoms with Gasteiger partial charge in [0.1, 0.15) is 0 Å². The molecule has 1 aliphatic heterocycles. The van der Waals surface area contributed by atoms with Gasteiger partial charge in [-0.2, -0.15) is 4.31 Å². The number of nitrogens with one attached hydrogen (secondary N) is 1. The molecule has 5 nitrogen and oxygen atoms in total. The molecule has 1 N–H and O–H groups in total. The van der Waals surface area contributed by atoms with Crippen LogP contribution in [0, 0.1) is 12.8 Å². The van der Waals surface area contributed by atoms with Crippen LogP contribution in [0.15, 0.2) is 89.8 Å². The molecule has 1 saturated heterocycles. The third kappa shape index (κ3) is 4.55. The van der Waals surface area contributed by atoms with Crippen LogP contribution in [-0.4, -0.2) is 31.7 Å². The third-order valence-corrected chi connectivity index (χ3v) is 7.75. The average Bonchev–Trinajstić information content (AvgIpc) is 3.25. The lowest BCUT2D eigenvalue weighted by molar-refractivity contribution is -0.125. The highest BCUT2D eigenvalue weighted by atomic mass is 32.2. The van der Waals surface area contributed by atoms with E-state index in [9.17, 15) is 13.2 Å². The predicted molar refractivity (Wildman–Crippen MR) is 121 cm³/mol. The number of carbonyl (C=O) groups is 1. The van der Waals surface area contributed by atoms with E-state index in [-0.39, 0.29) is 29.8 Å². The van der Waals surface area contributed by atoms with Gasteiger partial charge >= 0.3 is 0 Å². The van der Waals surface area contributed by atoms with Gasteiger partial charge in [0.25, 0.3) is 0 Å². The van der Waals surface area contributed by atoms with Crippen molar-refractivity contribution in [1.82, 2.24) is 9.62 Å². The van der Waals surface area contributed by atoms with Crippen LogP contribution >= 0.6 is 0 Å². The summed E-state index contributed by atoms with van der Waals surface area (Å²) in [6.07, 6.45) is 0. The van der Waals surface area contributed by atoms with Crippen LogP contribution in [-0.2, 0) is 21.4 Å². The molecule has 1 fully saturated rings. The predicted octanol–water partition coefficient (Wildman–Crippen LogP) is 3.72. The molecule has 2 unspecified atom stereocenters. The molecule has 0 saturated carbocycles. The maximum absolute atomic E-state index is 13.2. The number of rotatable bonds is 6. The summed E-state index contributed by atoms with van der Waals surface area (Å²) < 4.78 is 27.9. The molecule has 2 atom stereocenters. The lowest BCUT2D eigenvalue weighted by Crippen LogP contribution is -2.35. The molecule has 3 aromatic rings. The van der Waals surface area contributed by atoms with Crippen LogP contribution in [0.2, 0.25) is 0 Å². The number of carbonyl (C=O) groups excluding carboxylic acids is 1. The molecular weight excluding hydrogens is 408 g/mol. The van der Waals surface area contributed by atoms with E-state index in [1.54, 1.807) is 30.3 Å². The number of nitrogens with zero attached hydrogens (tertiary/aromatic N) is 1. The van der Waals surface area contributed by atoms with Gasteiger partial charge in [0.2, 0.25) is 15.9 Å². The zero-order chi connectivity index (χ0) is 21.8. The minimum Gasteiger partial charge on any atom is -0.352 e. The molecular formula is C25H26N2O3S. The van der Waals surface area contributed by atoms with E-state index < -0.39 is 15.9 Å². The highest BCUT2D eigenvalue weighted by Crippen LogP contribution is 2.37. The minimum absolute atomic E-state index is 0.122. The Morgan fingerprint density at radius 1 is 0.903 bits per heavy atom. The number of benzene rings is 3. The summed E-state index contributed by atoms with van der Waals surface area (Å²) >= 11 is 0. The van der Waals surface area contributed by atoms with E-state index in [2.05, 4.69) is 5.32 Å². The summed E-state index contributed by atoms with van der Waals surface area (Å²) in [7, 11) is -3.67. The van der Waals surface area contributed by atoms with E-state index in [4.69, 9.17) is 0 Å². The minimum atomic E-state index is -3.67. The van der Waals surface area contributed by atoms with Gasteiger partial charge < -0.3 is 5.32 Å². The van der Waals surface area contributed by atoms with E-state index in [1.165, 1.54) is 4.31 Å². The van der Waals surface area contributed by atoms with Gasteiger partial charge in [-0.05, 0) is 35.7 Å². The SMILES string of the molecule is Cc1ccccc1C1CN(S(=O)(=O)c2ccccc2)CC1C(=O)NCc1ccccc1. The lowest BCUT2D eigenvalue weighted by Gasteiger charge is -2.20. The Morgan fingerprint density at radius 2 is 1.52 bits per heavy atom. The lowest BCUT2D eigenvalue weighted by atomic mass is 9.86. The zero-order valence-electron chi connectivity index (χ0n) is 17.4. The van der Waals surface area contributed by atoms with E-state index in [0.29, 0.717) is 6.54 Å². The summed E-state index contributed by atoms with van der Waals surface area (Å²) in [4.78, 5) is 13.4. The summed E-state index contributed by atoms with van der Waals surface area (Å²) in [6.45, 7) is 2.87. The van der Waals surface area contributed by atoms with E-state index in [1.807, 2.05) is 61.5 Å². The monoisotopic (exact) mass is 434 g/mol. The summed E-state index contributed by atoms with van der Waals surface area (Å²) in [5.74, 6) is -0.776. The molecule has 0 aliphatic carbocycles. The van der Waals surface area contributed by atoms with Crippen molar-refractivity contribution in [3.8, 4) is 0 Å². The van der Waals surface area contributed by atoms with Crippen LogP contribution in [0.4, 0.5) is 0 Å². The molecule has 160 valence electrons. The molecule has 0 spiro atoms. The van der Waals surface area contributed by atoms with Crippen molar-refractivity contribution >= 4 is 15.9 Å². The van der Waals surface area contributed by atoms with Crippen LogP contribution in [0.25, 0.3) is 0 Å². The number of sulfonamides is 1. The third-order valence-electron chi connectivity index (χ3n) is 5.90. The Morgan fingerprint density at radius 3 is 2.19 bits per heavy atom. The molecule has 6 heteroatoms. The Balaban J connectivity index is 1.61. The molecule has 1 heterocycles. The van der Waals surface area contributed by atoms with E-state index in [0.717, 1.165) is 16.7 Å². The largest absolute Gasteiger partial charge is 0.352 e. The van der Waals surface area contributed by atoms with Gasteiger partial charge in [0, 0.05) is 25.6 Å². The van der Waals surface area contributed by atoms with Crippen LogP contribution in [0.3, 0.4) is 0 Å². The number of hydrogen-bond acceptors (Lipinski definition) is 3. The normalized spacial score (nSPS) is 19.3. The Labute approximate surface area is 183 Å². The Bertz CT molecular complexity index is 1150. The Kier molecular flexibility index (Phi) is 6.20. The first-order chi connectivity index (χ1) is 15.0. The van der Waals surface area contributed by atoms with E-state index >= 15 is 0 Å². The average molecular weight is 435 g/mol. The summed E-state index contributed by atoms with van der Waals surface area (Å²) in [6, 6.07) is 26.0. The second-order valence-electron chi connectivity index (χ2n) is 7.91. The maximum atomic E-state index is 13.2. The second-order valence-corrected chi connectivity index (χ2v) is 9.85. The number of amides is 1. The van der Waals surface area contributed by atoms with Crippen LogP contribution in [0.1, 0.15) is 22.6 Å². The van der Waals surface area contributed by atoms with Crippen molar-refractivity contribution in [2.75, 3.05) is 13.1 Å². The van der Waals surface area contributed by atoms with Crippen LogP contribution in [0.5, 0.6) is 0 Å². The quantitative estimate of drug-likeness (QED) is 0.643. The fourth-order valence-corrected chi connectivity index (χ4v) is 5.72. The fourth-order valence-electron chi connectivity index (χ4n) is 4.21.